The third-order valence-electron chi connectivity index (χ3n) is 3.12. The van der Waals surface area contributed by atoms with Crippen LogP contribution in [0.4, 0.5) is 5.95 Å². The first-order valence-electron chi connectivity index (χ1n) is 6.98. The van der Waals surface area contributed by atoms with Crippen LogP contribution in [0.5, 0.6) is 6.01 Å². The Balaban J connectivity index is 2.04. The molecule has 1 aromatic heterocycles. The van der Waals surface area contributed by atoms with Crippen molar-refractivity contribution in [2.45, 2.75) is 64.5 Å². The summed E-state index contributed by atoms with van der Waals surface area (Å²) < 4.78 is 5.46. The molecule has 1 saturated carbocycles. The van der Waals surface area contributed by atoms with Crippen LogP contribution < -0.4 is 10.1 Å². The number of nitrogens with zero attached hydrogens (tertiary/aromatic N) is 3. The molecule has 0 unspecified atom stereocenters. The molecule has 6 heteroatoms. The third kappa shape index (κ3) is 4.82. The van der Waals surface area contributed by atoms with Gasteiger partial charge in [0.1, 0.15) is 0 Å². The lowest BCUT2D eigenvalue weighted by Crippen LogP contribution is -2.20. The summed E-state index contributed by atoms with van der Waals surface area (Å²) in [6, 6.07) is 0.707. The van der Waals surface area contributed by atoms with E-state index in [1.165, 1.54) is 25.7 Å². The highest BCUT2D eigenvalue weighted by molar-refractivity contribution is 6.28. The monoisotopic (exact) mass is 284 g/mol. The van der Waals surface area contributed by atoms with Crippen LogP contribution in [0.1, 0.15) is 52.4 Å². The largest absolute Gasteiger partial charge is 0.461 e. The van der Waals surface area contributed by atoms with Gasteiger partial charge in [-0.25, -0.2) is 0 Å². The van der Waals surface area contributed by atoms with Gasteiger partial charge < -0.3 is 10.1 Å². The van der Waals surface area contributed by atoms with E-state index in [1.807, 2.05) is 13.8 Å². The summed E-state index contributed by atoms with van der Waals surface area (Å²) >= 11 is 5.90. The Bertz CT molecular complexity index is 406. The lowest BCUT2D eigenvalue weighted by Gasteiger charge is -2.16. The van der Waals surface area contributed by atoms with E-state index in [0.29, 0.717) is 12.0 Å². The second kappa shape index (κ2) is 6.89. The normalized spacial score (nSPS) is 17.3. The molecule has 1 aromatic rings. The molecule has 0 atom stereocenters. The minimum absolute atomic E-state index is 0.0178. The molecule has 1 heterocycles. The molecule has 1 fully saturated rings. The average molecular weight is 285 g/mol. The van der Waals surface area contributed by atoms with Crippen LogP contribution in [0, 0.1) is 0 Å². The number of nitrogens with one attached hydrogen (secondary N) is 1. The quantitative estimate of drug-likeness (QED) is 0.858. The van der Waals surface area contributed by atoms with Crippen LogP contribution in [0.3, 0.4) is 0 Å². The SMILES string of the molecule is CC(C)Oc1nc(Cl)nc(NC2CCCCCC2)n1. The van der Waals surface area contributed by atoms with Crippen molar-refractivity contribution in [3.63, 3.8) is 0 Å². The molecule has 0 spiro atoms. The van der Waals surface area contributed by atoms with Gasteiger partial charge in [0, 0.05) is 6.04 Å². The number of anilines is 1. The maximum Gasteiger partial charge on any atom is 0.322 e. The molecule has 5 nitrogen and oxygen atoms in total. The molecule has 0 saturated heterocycles. The van der Waals surface area contributed by atoms with Crippen molar-refractivity contribution in [3.8, 4) is 6.01 Å². The van der Waals surface area contributed by atoms with E-state index in [4.69, 9.17) is 16.3 Å². The minimum atomic E-state index is 0.0178. The number of aromatic nitrogens is 3. The van der Waals surface area contributed by atoms with Crippen LogP contribution in [-0.2, 0) is 0 Å². The van der Waals surface area contributed by atoms with E-state index in [-0.39, 0.29) is 17.4 Å². The van der Waals surface area contributed by atoms with Gasteiger partial charge in [-0.15, -0.1) is 0 Å². The number of rotatable bonds is 4. The number of hydrogen-bond donors (Lipinski definition) is 1. The highest BCUT2D eigenvalue weighted by Crippen LogP contribution is 2.21. The Morgan fingerprint density at radius 2 is 1.79 bits per heavy atom. The van der Waals surface area contributed by atoms with E-state index in [2.05, 4.69) is 20.3 Å². The second-order valence-corrected chi connectivity index (χ2v) is 5.55. The van der Waals surface area contributed by atoms with E-state index in [9.17, 15) is 0 Å². The summed E-state index contributed by atoms with van der Waals surface area (Å²) in [6.07, 6.45) is 7.48. The summed E-state index contributed by atoms with van der Waals surface area (Å²) in [7, 11) is 0. The zero-order chi connectivity index (χ0) is 13.7. The van der Waals surface area contributed by atoms with Gasteiger partial charge in [0.05, 0.1) is 6.10 Å². The zero-order valence-electron chi connectivity index (χ0n) is 11.5. The summed E-state index contributed by atoms with van der Waals surface area (Å²) in [6.45, 7) is 3.85. The fraction of sp³-hybridized carbons (Fsp3) is 0.769. The van der Waals surface area contributed by atoms with Crippen LogP contribution in [0.25, 0.3) is 0 Å². The van der Waals surface area contributed by atoms with E-state index < -0.39 is 0 Å². The Labute approximate surface area is 119 Å². The number of ether oxygens (including phenoxy) is 1. The first-order valence-corrected chi connectivity index (χ1v) is 7.36. The molecule has 0 radical (unpaired) electrons. The molecule has 1 aliphatic carbocycles. The van der Waals surface area contributed by atoms with Gasteiger partial charge in [0.25, 0.3) is 0 Å². The van der Waals surface area contributed by atoms with Gasteiger partial charge in [-0.1, -0.05) is 25.7 Å². The standard InChI is InChI=1S/C13H21ClN4O/c1-9(2)19-13-17-11(14)16-12(18-13)15-10-7-5-3-4-6-8-10/h9-10H,3-8H2,1-2H3,(H,15,16,17,18). The molecule has 106 valence electrons. The Kier molecular flexibility index (Phi) is 5.19. The van der Waals surface area contributed by atoms with Crippen molar-refractivity contribution >= 4 is 17.5 Å². The zero-order valence-corrected chi connectivity index (χ0v) is 12.3. The fourth-order valence-electron chi connectivity index (χ4n) is 2.27. The van der Waals surface area contributed by atoms with Crippen molar-refractivity contribution in [1.29, 1.82) is 0 Å². The molecular formula is C13H21ClN4O. The topological polar surface area (TPSA) is 59.9 Å². The van der Waals surface area contributed by atoms with Gasteiger partial charge in [0.15, 0.2) is 0 Å². The van der Waals surface area contributed by atoms with Gasteiger partial charge in [-0.05, 0) is 38.3 Å². The van der Waals surface area contributed by atoms with Crippen molar-refractivity contribution in [3.05, 3.63) is 5.28 Å². The highest BCUT2D eigenvalue weighted by Gasteiger charge is 2.15. The van der Waals surface area contributed by atoms with Crippen molar-refractivity contribution in [1.82, 2.24) is 15.0 Å². The number of halogens is 1. The Morgan fingerprint density at radius 1 is 1.11 bits per heavy atom. The summed E-state index contributed by atoms with van der Waals surface area (Å²) in [5.41, 5.74) is 0. The summed E-state index contributed by atoms with van der Waals surface area (Å²) in [4.78, 5) is 12.3. The van der Waals surface area contributed by atoms with Crippen molar-refractivity contribution in [2.75, 3.05) is 5.32 Å². The van der Waals surface area contributed by atoms with E-state index in [0.717, 1.165) is 12.8 Å². The maximum atomic E-state index is 5.90. The first-order chi connectivity index (χ1) is 9.13. The van der Waals surface area contributed by atoms with Gasteiger partial charge in [-0.3, -0.25) is 0 Å². The molecule has 0 amide bonds. The predicted molar refractivity (Wildman–Crippen MR) is 75.7 cm³/mol. The molecule has 1 N–H and O–H groups in total. The van der Waals surface area contributed by atoms with Crippen molar-refractivity contribution in [2.24, 2.45) is 0 Å². The first kappa shape index (κ1) is 14.3. The molecular weight excluding hydrogens is 264 g/mol. The van der Waals surface area contributed by atoms with Crippen LogP contribution in [-0.4, -0.2) is 27.1 Å². The molecule has 19 heavy (non-hydrogen) atoms. The molecule has 0 aromatic carbocycles. The maximum absolute atomic E-state index is 5.90. The van der Waals surface area contributed by atoms with Crippen molar-refractivity contribution < 1.29 is 4.74 Å². The molecule has 0 aliphatic heterocycles. The lowest BCUT2D eigenvalue weighted by atomic mass is 10.1. The van der Waals surface area contributed by atoms with Gasteiger partial charge in [0.2, 0.25) is 11.2 Å². The van der Waals surface area contributed by atoms with Crippen LogP contribution in [0.2, 0.25) is 5.28 Å². The Hall–Kier alpha value is -1.10. The average Bonchev–Trinajstić information content (AvgIpc) is 2.55. The minimum Gasteiger partial charge on any atom is -0.461 e. The summed E-state index contributed by atoms with van der Waals surface area (Å²) in [5.74, 6) is 0.516. The Morgan fingerprint density at radius 3 is 2.42 bits per heavy atom. The fourth-order valence-corrected chi connectivity index (χ4v) is 2.42. The molecule has 2 rings (SSSR count). The molecule has 0 bridgehead atoms. The van der Waals surface area contributed by atoms with Crippen LogP contribution in [0.15, 0.2) is 0 Å². The smallest absolute Gasteiger partial charge is 0.322 e. The highest BCUT2D eigenvalue weighted by atomic mass is 35.5. The third-order valence-corrected chi connectivity index (χ3v) is 3.29. The predicted octanol–water partition coefficient (Wildman–Crippen LogP) is 3.45. The van der Waals surface area contributed by atoms with E-state index in [1.54, 1.807) is 0 Å². The van der Waals surface area contributed by atoms with Gasteiger partial charge >= 0.3 is 6.01 Å². The lowest BCUT2D eigenvalue weighted by molar-refractivity contribution is 0.222. The number of hydrogen-bond acceptors (Lipinski definition) is 5. The van der Waals surface area contributed by atoms with E-state index >= 15 is 0 Å². The second-order valence-electron chi connectivity index (χ2n) is 5.21. The van der Waals surface area contributed by atoms with Gasteiger partial charge in [-0.2, -0.15) is 15.0 Å². The van der Waals surface area contributed by atoms with Crippen LogP contribution >= 0.6 is 11.6 Å². The molecule has 1 aliphatic rings. The summed E-state index contributed by atoms with van der Waals surface area (Å²) in [5, 5.41) is 3.52.